The zero-order valence-corrected chi connectivity index (χ0v) is 15.6. The van der Waals surface area contributed by atoms with Crippen LogP contribution in [0.4, 0.5) is 0 Å². The molecule has 1 N–H and O–H groups in total. The first-order chi connectivity index (χ1) is 11.5. The van der Waals surface area contributed by atoms with Gasteiger partial charge in [-0.1, -0.05) is 55.0 Å². The van der Waals surface area contributed by atoms with E-state index in [4.69, 9.17) is 27.3 Å². The highest BCUT2D eigenvalue weighted by Gasteiger charge is 2.34. The van der Waals surface area contributed by atoms with Crippen molar-refractivity contribution in [1.82, 2.24) is 0 Å². The number of halogens is 2. The average molecular weight is 377 g/mol. The number of unbranched alkanes of at least 4 members (excludes halogenated alkanes) is 1. The quantitative estimate of drug-likeness (QED) is 0.271. The molecular formula is C19H18Cl2O2Si. The molecule has 3 rings (SSSR count). The molecule has 0 amide bonds. The van der Waals surface area contributed by atoms with Gasteiger partial charge in [0, 0.05) is 6.42 Å². The Balaban J connectivity index is 2.06. The van der Waals surface area contributed by atoms with E-state index in [0.717, 1.165) is 33.2 Å². The second-order valence-electron chi connectivity index (χ2n) is 6.00. The second-order valence-corrected chi connectivity index (χ2v) is 12.9. The number of aliphatic carboxylic acids is 1. The highest BCUT2D eigenvalue weighted by Crippen LogP contribution is 2.31. The number of hydrogen-bond acceptors (Lipinski definition) is 1. The number of fused-ring (bicyclic) bond motifs is 2. The van der Waals surface area contributed by atoms with E-state index in [1.807, 2.05) is 24.3 Å². The van der Waals surface area contributed by atoms with Crippen LogP contribution in [0.15, 0.2) is 54.6 Å². The number of rotatable bonds is 6. The molecule has 0 fully saturated rings. The highest BCUT2D eigenvalue weighted by molar-refractivity contribution is 7.51. The summed E-state index contributed by atoms with van der Waals surface area (Å²) in [4.78, 5) is 10.7. The topological polar surface area (TPSA) is 37.3 Å². The minimum absolute atomic E-state index is 0.161. The maximum Gasteiger partial charge on any atom is 0.303 e. The molecular weight excluding hydrogens is 359 g/mol. The van der Waals surface area contributed by atoms with Crippen molar-refractivity contribution in [2.24, 2.45) is 0 Å². The molecule has 0 spiro atoms. The lowest BCUT2D eigenvalue weighted by atomic mass is 10.0. The van der Waals surface area contributed by atoms with Crippen molar-refractivity contribution in [3.8, 4) is 0 Å². The molecule has 5 heteroatoms. The molecule has 0 atom stereocenters. The second kappa shape index (κ2) is 7.14. The van der Waals surface area contributed by atoms with Gasteiger partial charge < -0.3 is 5.11 Å². The summed E-state index contributed by atoms with van der Waals surface area (Å²) in [6.07, 6.45) is 1.49. The first-order valence-corrected chi connectivity index (χ1v) is 12.2. The Morgan fingerprint density at radius 3 is 2.00 bits per heavy atom. The highest BCUT2D eigenvalue weighted by atomic mass is 35.7. The predicted molar refractivity (Wildman–Crippen MR) is 105 cm³/mol. The van der Waals surface area contributed by atoms with Crippen LogP contribution >= 0.6 is 22.2 Å². The van der Waals surface area contributed by atoms with Gasteiger partial charge in [0.1, 0.15) is 0 Å². The zero-order chi connectivity index (χ0) is 17.2. The van der Waals surface area contributed by atoms with Gasteiger partial charge in [-0.2, -0.15) is 0 Å². The minimum atomic E-state index is -2.73. The van der Waals surface area contributed by atoms with Gasteiger partial charge in [0.25, 0.3) is 6.69 Å². The van der Waals surface area contributed by atoms with Crippen molar-refractivity contribution in [3.05, 3.63) is 54.6 Å². The van der Waals surface area contributed by atoms with Crippen molar-refractivity contribution in [1.29, 1.82) is 0 Å². The van der Waals surface area contributed by atoms with Gasteiger partial charge in [-0.3, -0.25) is 4.79 Å². The van der Waals surface area contributed by atoms with Gasteiger partial charge in [0.2, 0.25) is 0 Å². The molecule has 0 bridgehead atoms. The predicted octanol–water partition coefficient (Wildman–Crippen LogP) is 5.37. The first-order valence-electron chi connectivity index (χ1n) is 7.99. The van der Waals surface area contributed by atoms with Crippen LogP contribution in [0.2, 0.25) is 6.04 Å². The van der Waals surface area contributed by atoms with E-state index in [1.54, 1.807) is 0 Å². The van der Waals surface area contributed by atoms with E-state index in [-0.39, 0.29) is 6.42 Å². The van der Waals surface area contributed by atoms with Gasteiger partial charge in [0.15, 0.2) is 0 Å². The van der Waals surface area contributed by atoms with E-state index in [1.165, 1.54) is 0 Å². The summed E-state index contributed by atoms with van der Waals surface area (Å²) in [6, 6.07) is 19.1. The Kier molecular flexibility index (Phi) is 5.14. The number of hydrogen-bond donors (Lipinski definition) is 1. The number of carboxylic acid groups (broad SMARTS) is 1. The largest absolute Gasteiger partial charge is 0.481 e. The summed E-state index contributed by atoms with van der Waals surface area (Å²) in [7, 11) is 0. The fourth-order valence-electron chi connectivity index (χ4n) is 3.16. The van der Waals surface area contributed by atoms with Crippen LogP contribution in [0.5, 0.6) is 0 Å². The molecule has 0 saturated carbocycles. The van der Waals surface area contributed by atoms with Crippen molar-refractivity contribution in [2.75, 3.05) is 0 Å². The zero-order valence-electron chi connectivity index (χ0n) is 13.1. The number of carboxylic acids is 1. The van der Waals surface area contributed by atoms with Crippen LogP contribution in [0.1, 0.15) is 19.3 Å². The van der Waals surface area contributed by atoms with Gasteiger partial charge in [-0.25, -0.2) is 0 Å². The third-order valence-electron chi connectivity index (χ3n) is 4.27. The summed E-state index contributed by atoms with van der Waals surface area (Å²) in [5.74, 6) is -0.776. The fourth-order valence-corrected chi connectivity index (χ4v) is 7.37. The van der Waals surface area contributed by atoms with Crippen molar-refractivity contribution in [3.63, 3.8) is 0 Å². The van der Waals surface area contributed by atoms with Crippen LogP contribution in [-0.2, 0) is 4.79 Å². The first kappa shape index (κ1) is 17.3. The summed E-state index contributed by atoms with van der Waals surface area (Å²) in [6.45, 7) is -2.73. The van der Waals surface area contributed by atoms with Gasteiger partial charge >= 0.3 is 5.97 Å². The normalized spacial score (nSPS) is 11.9. The van der Waals surface area contributed by atoms with Crippen molar-refractivity contribution in [2.45, 2.75) is 25.3 Å². The Morgan fingerprint density at radius 1 is 0.917 bits per heavy atom. The van der Waals surface area contributed by atoms with Gasteiger partial charge in [-0.15, -0.1) is 22.2 Å². The van der Waals surface area contributed by atoms with Crippen LogP contribution in [0, 0.1) is 0 Å². The lowest BCUT2D eigenvalue weighted by molar-refractivity contribution is -0.137. The van der Waals surface area contributed by atoms with Gasteiger partial charge in [0.05, 0.1) is 0 Å². The molecule has 0 aromatic heterocycles. The Bertz CT molecular complexity index is 839. The SMILES string of the molecule is O=C(O)CCCC[Si](Cl)(Cl)c1c2ccccc2cc2ccccc12. The standard InChI is InChI=1S/C19H18Cl2O2Si/c20-24(21,12-6-5-11-18(22)23)19-16-9-3-1-7-14(16)13-15-8-2-4-10-17(15)19/h1-4,7-10,13H,5-6,11-12H2,(H,22,23). The smallest absolute Gasteiger partial charge is 0.303 e. The molecule has 124 valence electrons. The third kappa shape index (κ3) is 3.58. The van der Waals surface area contributed by atoms with Crippen LogP contribution < -0.4 is 5.19 Å². The van der Waals surface area contributed by atoms with Crippen LogP contribution in [0.25, 0.3) is 21.5 Å². The van der Waals surface area contributed by atoms with Gasteiger partial charge in [-0.05, 0) is 45.3 Å². The molecule has 3 aromatic rings. The molecule has 0 aliphatic carbocycles. The summed E-state index contributed by atoms with van der Waals surface area (Å²) >= 11 is 13.8. The van der Waals surface area contributed by atoms with Crippen molar-refractivity contribution >= 4 is 61.6 Å². The molecule has 0 aliphatic heterocycles. The summed E-state index contributed by atoms with van der Waals surface area (Å²) in [5.41, 5.74) is 0. The summed E-state index contributed by atoms with van der Waals surface area (Å²) in [5, 5.41) is 14.3. The molecule has 3 aromatic carbocycles. The molecule has 0 saturated heterocycles. The molecule has 2 nitrogen and oxygen atoms in total. The monoisotopic (exact) mass is 376 g/mol. The molecule has 0 heterocycles. The maximum absolute atomic E-state index is 10.7. The maximum atomic E-state index is 10.7. The fraction of sp³-hybridized carbons (Fsp3) is 0.211. The average Bonchev–Trinajstić information content (AvgIpc) is 2.56. The lowest BCUT2D eigenvalue weighted by Gasteiger charge is -2.22. The molecule has 0 aliphatic rings. The van der Waals surface area contributed by atoms with E-state index in [9.17, 15) is 4.79 Å². The number of carbonyl (C=O) groups is 1. The Morgan fingerprint density at radius 2 is 1.46 bits per heavy atom. The van der Waals surface area contributed by atoms with E-state index in [0.29, 0.717) is 12.5 Å². The molecule has 0 radical (unpaired) electrons. The van der Waals surface area contributed by atoms with Crippen LogP contribution in [-0.4, -0.2) is 17.8 Å². The minimum Gasteiger partial charge on any atom is -0.481 e. The molecule has 0 unspecified atom stereocenters. The Labute approximate surface area is 151 Å². The van der Waals surface area contributed by atoms with E-state index < -0.39 is 12.7 Å². The summed E-state index contributed by atoms with van der Waals surface area (Å²) < 4.78 is 0. The van der Waals surface area contributed by atoms with Crippen LogP contribution in [0.3, 0.4) is 0 Å². The third-order valence-corrected chi connectivity index (χ3v) is 8.79. The van der Waals surface area contributed by atoms with E-state index >= 15 is 0 Å². The molecule has 24 heavy (non-hydrogen) atoms. The Hall–Kier alpha value is -1.55. The van der Waals surface area contributed by atoms with Crippen molar-refractivity contribution < 1.29 is 9.90 Å². The van der Waals surface area contributed by atoms with E-state index in [2.05, 4.69) is 30.3 Å². The number of benzene rings is 3. The lowest BCUT2D eigenvalue weighted by Crippen LogP contribution is -2.37.